The lowest BCUT2D eigenvalue weighted by Crippen LogP contribution is -1.94. The Labute approximate surface area is 95.2 Å². The molecule has 1 heterocycles. The van der Waals surface area contributed by atoms with E-state index in [1.54, 1.807) is 0 Å². The van der Waals surface area contributed by atoms with Crippen LogP contribution in [-0.4, -0.2) is 18.0 Å². The minimum Gasteiger partial charge on any atom is -0.281 e. The molecular weight excluding hydrogens is 290 g/mol. The van der Waals surface area contributed by atoms with Crippen molar-refractivity contribution in [2.24, 2.45) is 5.92 Å². The fourth-order valence-corrected chi connectivity index (χ4v) is 3.98. The van der Waals surface area contributed by atoms with Gasteiger partial charge in [-0.05, 0) is 21.8 Å². The number of hydrogen-bond donors (Lipinski definition) is 1. The maximum absolute atomic E-state index is 10.8. The molecule has 0 unspecified atom stereocenters. The molecule has 1 rings (SSSR count). The van der Waals surface area contributed by atoms with Crippen LogP contribution in [0.5, 0.6) is 0 Å². The number of rotatable bonds is 3. The van der Waals surface area contributed by atoms with Crippen molar-refractivity contribution >= 4 is 37.4 Å². The molecule has 0 aromatic carbocycles. The Bertz CT molecular complexity index is 424. The van der Waals surface area contributed by atoms with Crippen molar-refractivity contribution in [3.05, 3.63) is 9.61 Å². The van der Waals surface area contributed by atoms with E-state index in [4.69, 9.17) is 4.55 Å². The zero-order valence-electron chi connectivity index (χ0n) is 7.69. The van der Waals surface area contributed by atoms with E-state index in [0.717, 1.165) is 11.3 Å². The van der Waals surface area contributed by atoms with Crippen molar-refractivity contribution in [3.8, 4) is 0 Å². The minimum absolute atomic E-state index is 0.117. The molecule has 0 aliphatic heterocycles. The van der Waals surface area contributed by atoms with E-state index < -0.39 is 10.1 Å². The average molecular weight is 300 g/mol. The second-order valence-electron chi connectivity index (χ2n) is 3.26. The summed E-state index contributed by atoms with van der Waals surface area (Å²) in [6.45, 7) is 4.03. The van der Waals surface area contributed by atoms with Crippen LogP contribution in [0.15, 0.2) is 8.81 Å². The van der Waals surface area contributed by atoms with Gasteiger partial charge in [0.2, 0.25) is 0 Å². The molecular formula is C7H10BrNO3S2. The molecule has 1 aromatic heterocycles. The van der Waals surface area contributed by atoms with Gasteiger partial charge in [0.05, 0.1) is 5.01 Å². The Morgan fingerprint density at radius 3 is 2.50 bits per heavy atom. The smallest absolute Gasteiger partial charge is 0.281 e. The molecule has 0 atom stereocenters. The maximum atomic E-state index is 10.8. The van der Waals surface area contributed by atoms with Crippen molar-refractivity contribution in [2.75, 3.05) is 0 Å². The zero-order chi connectivity index (χ0) is 10.9. The van der Waals surface area contributed by atoms with E-state index in [2.05, 4.69) is 20.9 Å². The van der Waals surface area contributed by atoms with Crippen molar-refractivity contribution in [1.29, 1.82) is 0 Å². The van der Waals surface area contributed by atoms with Crippen LogP contribution >= 0.6 is 27.3 Å². The van der Waals surface area contributed by atoms with E-state index in [1.165, 1.54) is 0 Å². The van der Waals surface area contributed by atoms with Crippen LogP contribution in [0.3, 0.4) is 0 Å². The van der Waals surface area contributed by atoms with Gasteiger partial charge in [0, 0.05) is 6.42 Å². The van der Waals surface area contributed by atoms with Gasteiger partial charge in [-0.25, -0.2) is 4.98 Å². The van der Waals surface area contributed by atoms with Gasteiger partial charge in [0.1, 0.15) is 4.60 Å². The van der Waals surface area contributed by atoms with Crippen molar-refractivity contribution in [3.63, 3.8) is 0 Å². The summed E-state index contributed by atoms with van der Waals surface area (Å²) < 4.78 is 30.6. The second kappa shape index (κ2) is 4.26. The van der Waals surface area contributed by atoms with Crippen molar-refractivity contribution in [1.82, 2.24) is 4.98 Å². The summed E-state index contributed by atoms with van der Waals surface area (Å²) in [7, 11) is -4.14. The number of aromatic nitrogens is 1. The molecule has 7 heteroatoms. The molecule has 0 aliphatic carbocycles. The summed E-state index contributed by atoms with van der Waals surface area (Å²) in [5.41, 5.74) is 0. The van der Waals surface area contributed by atoms with Gasteiger partial charge in [-0.15, -0.1) is 11.3 Å². The fraction of sp³-hybridized carbons (Fsp3) is 0.571. The number of thiazole rings is 1. The predicted octanol–water partition coefficient (Wildman–Crippen LogP) is 2.35. The SMILES string of the molecule is CC(C)Cc1nc(Br)c(S(=O)(=O)O)s1. The zero-order valence-corrected chi connectivity index (χ0v) is 10.9. The monoisotopic (exact) mass is 299 g/mol. The molecule has 0 radical (unpaired) electrons. The van der Waals surface area contributed by atoms with Crippen molar-refractivity contribution in [2.45, 2.75) is 24.5 Å². The molecule has 80 valence electrons. The first-order valence-corrected chi connectivity index (χ1v) is 6.98. The van der Waals surface area contributed by atoms with Gasteiger partial charge in [0.15, 0.2) is 4.21 Å². The Hall–Kier alpha value is 0.0200. The quantitative estimate of drug-likeness (QED) is 0.870. The van der Waals surface area contributed by atoms with E-state index in [9.17, 15) is 8.42 Å². The fourth-order valence-electron chi connectivity index (χ4n) is 0.923. The van der Waals surface area contributed by atoms with Crippen LogP contribution in [0.4, 0.5) is 0 Å². The number of nitrogens with zero attached hydrogens (tertiary/aromatic N) is 1. The van der Waals surface area contributed by atoms with E-state index >= 15 is 0 Å². The topological polar surface area (TPSA) is 67.3 Å². The summed E-state index contributed by atoms with van der Waals surface area (Å²) >= 11 is 4.00. The molecule has 1 N–H and O–H groups in total. The second-order valence-corrected chi connectivity index (χ2v) is 6.71. The van der Waals surface area contributed by atoms with Crippen LogP contribution in [-0.2, 0) is 16.5 Å². The highest BCUT2D eigenvalue weighted by Gasteiger charge is 2.20. The molecule has 0 aliphatic rings. The first kappa shape index (κ1) is 12.1. The van der Waals surface area contributed by atoms with E-state index in [1.807, 2.05) is 13.8 Å². The number of hydrogen-bond acceptors (Lipinski definition) is 4. The van der Waals surface area contributed by atoms with Gasteiger partial charge in [0.25, 0.3) is 0 Å². The predicted molar refractivity (Wildman–Crippen MR) is 58.2 cm³/mol. The molecule has 0 saturated carbocycles. The third-order valence-corrected chi connectivity index (χ3v) is 4.93. The summed E-state index contributed by atoms with van der Waals surface area (Å²) in [4.78, 5) is 4.01. The van der Waals surface area contributed by atoms with Gasteiger partial charge in [-0.3, -0.25) is 4.55 Å². The Morgan fingerprint density at radius 1 is 1.57 bits per heavy atom. The largest absolute Gasteiger partial charge is 0.306 e. The molecule has 1 aromatic rings. The normalized spacial score (nSPS) is 12.4. The molecule has 14 heavy (non-hydrogen) atoms. The molecule has 0 spiro atoms. The number of halogens is 1. The highest BCUT2D eigenvalue weighted by Crippen LogP contribution is 2.29. The van der Waals surface area contributed by atoms with Gasteiger partial charge < -0.3 is 0 Å². The highest BCUT2D eigenvalue weighted by molar-refractivity contribution is 9.10. The first-order valence-electron chi connectivity index (χ1n) is 3.93. The standard InChI is InChI=1S/C7H10BrNO3S2/c1-4(2)3-5-9-6(8)7(13-5)14(10,11)12/h4H,3H2,1-2H3,(H,10,11,12). The molecule has 4 nitrogen and oxygen atoms in total. The third-order valence-electron chi connectivity index (χ3n) is 1.42. The summed E-state index contributed by atoms with van der Waals surface area (Å²) in [5.74, 6) is 0.405. The van der Waals surface area contributed by atoms with Crippen molar-refractivity contribution < 1.29 is 13.0 Å². The van der Waals surface area contributed by atoms with Gasteiger partial charge >= 0.3 is 10.1 Å². The average Bonchev–Trinajstić information content (AvgIpc) is 2.27. The van der Waals surface area contributed by atoms with Crippen LogP contribution < -0.4 is 0 Å². The summed E-state index contributed by atoms with van der Waals surface area (Å²) in [5, 5.41) is 0.708. The Balaban J connectivity index is 3.06. The molecule has 0 fully saturated rings. The van der Waals surface area contributed by atoms with Gasteiger partial charge in [-0.1, -0.05) is 13.8 Å². The van der Waals surface area contributed by atoms with E-state index in [0.29, 0.717) is 17.3 Å². The Morgan fingerprint density at radius 2 is 2.14 bits per heavy atom. The lowest BCUT2D eigenvalue weighted by atomic mass is 10.1. The van der Waals surface area contributed by atoms with Crippen LogP contribution in [0.25, 0.3) is 0 Å². The molecule has 0 amide bonds. The lowest BCUT2D eigenvalue weighted by Gasteiger charge is -1.97. The third kappa shape index (κ3) is 3.01. The lowest BCUT2D eigenvalue weighted by molar-refractivity contribution is 0.485. The minimum atomic E-state index is -4.14. The van der Waals surface area contributed by atoms with Crippen LogP contribution in [0.1, 0.15) is 18.9 Å². The summed E-state index contributed by atoms with van der Waals surface area (Å²) in [6.07, 6.45) is 0.707. The van der Waals surface area contributed by atoms with Gasteiger partial charge in [-0.2, -0.15) is 8.42 Å². The van der Waals surface area contributed by atoms with Crippen LogP contribution in [0, 0.1) is 5.92 Å². The maximum Gasteiger partial charge on any atom is 0.306 e. The van der Waals surface area contributed by atoms with Crippen LogP contribution in [0.2, 0.25) is 0 Å². The molecule has 0 saturated heterocycles. The molecule has 0 bridgehead atoms. The highest BCUT2D eigenvalue weighted by atomic mass is 79.9. The summed E-state index contributed by atoms with van der Waals surface area (Å²) in [6, 6.07) is 0. The Kier molecular flexibility index (Phi) is 3.68. The first-order chi connectivity index (χ1) is 6.30. The van der Waals surface area contributed by atoms with E-state index in [-0.39, 0.29) is 8.81 Å².